The molecule has 9 heteroatoms. The molecule has 140 valence electrons. The molecular weight excluding hydrogens is 423 g/mol. The van der Waals surface area contributed by atoms with Gasteiger partial charge in [0.05, 0.1) is 27.8 Å². The SMILES string of the molecule is O=c1nc2n(Cc3ccc(Cl)nc3)cccc-2c(=O)n1-c1ccc(Cl)c(Cl)c1. The van der Waals surface area contributed by atoms with Crippen molar-refractivity contribution in [2.24, 2.45) is 0 Å². The van der Waals surface area contributed by atoms with Gasteiger partial charge in [-0.25, -0.2) is 14.3 Å². The fraction of sp³-hybridized carbons (Fsp3) is 0.0526. The first kappa shape index (κ1) is 18.7. The van der Waals surface area contributed by atoms with E-state index >= 15 is 0 Å². The Balaban J connectivity index is 1.87. The maximum absolute atomic E-state index is 13.0. The van der Waals surface area contributed by atoms with Crippen molar-refractivity contribution in [2.45, 2.75) is 6.54 Å². The first-order valence-corrected chi connectivity index (χ1v) is 9.25. The average molecular weight is 434 g/mol. The van der Waals surface area contributed by atoms with E-state index in [1.54, 1.807) is 41.2 Å². The normalized spacial score (nSPS) is 11.1. The zero-order chi connectivity index (χ0) is 19.8. The zero-order valence-electron chi connectivity index (χ0n) is 14.1. The molecule has 0 bridgehead atoms. The predicted molar refractivity (Wildman–Crippen MR) is 109 cm³/mol. The van der Waals surface area contributed by atoms with Gasteiger partial charge in [0.15, 0.2) is 5.82 Å². The minimum Gasteiger partial charge on any atom is -0.328 e. The molecule has 6 nitrogen and oxygen atoms in total. The summed E-state index contributed by atoms with van der Waals surface area (Å²) in [6, 6.07) is 11.3. The Kier molecular flexibility index (Phi) is 4.93. The minimum atomic E-state index is -0.704. The van der Waals surface area contributed by atoms with E-state index in [0.29, 0.717) is 28.0 Å². The molecule has 4 rings (SSSR count). The Morgan fingerprint density at radius 3 is 2.50 bits per heavy atom. The van der Waals surface area contributed by atoms with Gasteiger partial charge in [0.25, 0.3) is 5.56 Å². The maximum Gasteiger partial charge on any atom is 0.357 e. The topological polar surface area (TPSA) is 69.8 Å². The summed E-state index contributed by atoms with van der Waals surface area (Å²) in [5.74, 6) is 0.281. The summed E-state index contributed by atoms with van der Waals surface area (Å²) >= 11 is 17.8. The molecule has 28 heavy (non-hydrogen) atoms. The molecule has 0 fully saturated rings. The van der Waals surface area contributed by atoms with Crippen LogP contribution in [0.1, 0.15) is 5.56 Å². The second-order valence-electron chi connectivity index (χ2n) is 6.00. The molecule has 1 aromatic carbocycles. The number of nitrogens with zero attached hydrogens (tertiary/aromatic N) is 4. The monoisotopic (exact) mass is 432 g/mol. The van der Waals surface area contributed by atoms with Crippen molar-refractivity contribution in [1.29, 1.82) is 0 Å². The quantitative estimate of drug-likeness (QED) is 0.459. The fourth-order valence-corrected chi connectivity index (χ4v) is 3.26. The molecule has 0 amide bonds. The van der Waals surface area contributed by atoms with Crippen LogP contribution >= 0.6 is 34.8 Å². The molecule has 3 heterocycles. The first-order chi connectivity index (χ1) is 13.4. The summed E-state index contributed by atoms with van der Waals surface area (Å²) < 4.78 is 2.68. The Bertz CT molecular complexity index is 1270. The van der Waals surface area contributed by atoms with E-state index in [1.165, 1.54) is 12.1 Å². The molecule has 0 atom stereocenters. The van der Waals surface area contributed by atoms with Crippen LogP contribution in [0.25, 0.3) is 17.1 Å². The lowest BCUT2D eigenvalue weighted by Gasteiger charge is -2.15. The van der Waals surface area contributed by atoms with Crippen molar-refractivity contribution in [3.63, 3.8) is 0 Å². The predicted octanol–water partition coefficient (Wildman–Crippen LogP) is 3.90. The Morgan fingerprint density at radius 1 is 0.964 bits per heavy atom. The van der Waals surface area contributed by atoms with Gasteiger partial charge in [-0.15, -0.1) is 0 Å². The average Bonchev–Trinajstić information content (AvgIpc) is 2.67. The molecule has 2 aliphatic heterocycles. The van der Waals surface area contributed by atoms with Gasteiger partial charge in [-0.3, -0.25) is 4.79 Å². The van der Waals surface area contributed by atoms with Gasteiger partial charge in [-0.05, 0) is 42.0 Å². The van der Waals surface area contributed by atoms with Crippen molar-refractivity contribution in [3.05, 3.63) is 96.5 Å². The van der Waals surface area contributed by atoms with Crippen molar-refractivity contribution in [1.82, 2.24) is 19.1 Å². The zero-order valence-corrected chi connectivity index (χ0v) is 16.4. The highest BCUT2D eigenvalue weighted by atomic mass is 35.5. The van der Waals surface area contributed by atoms with Gasteiger partial charge in [0.2, 0.25) is 0 Å². The van der Waals surface area contributed by atoms with E-state index in [4.69, 9.17) is 34.8 Å². The van der Waals surface area contributed by atoms with Gasteiger partial charge < -0.3 is 4.57 Å². The highest BCUT2D eigenvalue weighted by Gasteiger charge is 2.18. The second-order valence-corrected chi connectivity index (χ2v) is 7.20. The largest absolute Gasteiger partial charge is 0.357 e. The van der Waals surface area contributed by atoms with Crippen molar-refractivity contribution < 1.29 is 0 Å². The van der Waals surface area contributed by atoms with E-state index in [1.807, 2.05) is 6.07 Å². The molecule has 2 aromatic rings. The lowest BCUT2D eigenvalue weighted by Crippen LogP contribution is -2.36. The van der Waals surface area contributed by atoms with Crippen LogP contribution in [-0.2, 0) is 6.54 Å². The van der Waals surface area contributed by atoms with Crippen LogP contribution in [0.2, 0.25) is 15.2 Å². The molecular formula is C19H11Cl3N4O2. The molecule has 0 saturated heterocycles. The summed E-state index contributed by atoms with van der Waals surface area (Å²) in [6.45, 7) is 0.379. The van der Waals surface area contributed by atoms with Gasteiger partial charge >= 0.3 is 5.69 Å². The van der Waals surface area contributed by atoms with Crippen LogP contribution in [0.3, 0.4) is 0 Å². The van der Waals surface area contributed by atoms with Crippen molar-refractivity contribution in [3.8, 4) is 17.1 Å². The first-order valence-electron chi connectivity index (χ1n) is 8.12. The number of rotatable bonds is 3. The molecule has 0 radical (unpaired) electrons. The number of pyridine rings is 2. The van der Waals surface area contributed by atoms with Gasteiger partial charge in [-0.1, -0.05) is 40.9 Å². The van der Waals surface area contributed by atoms with Gasteiger partial charge in [0, 0.05) is 12.4 Å². The van der Waals surface area contributed by atoms with Gasteiger partial charge in [-0.2, -0.15) is 4.98 Å². The number of halogens is 3. The third-order valence-corrected chi connectivity index (χ3v) is 5.13. The summed E-state index contributed by atoms with van der Waals surface area (Å²) in [4.78, 5) is 33.8. The summed E-state index contributed by atoms with van der Waals surface area (Å²) in [6.07, 6.45) is 3.37. The molecule has 0 saturated carbocycles. The lowest BCUT2D eigenvalue weighted by atomic mass is 10.2. The molecule has 0 spiro atoms. The molecule has 0 unspecified atom stereocenters. The van der Waals surface area contributed by atoms with Crippen LogP contribution in [-0.4, -0.2) is 19.1 Å². The summed E-state index contributed by atoms with van der Waals surface area (Å²) in [5.41, 5.74) is 0.262. The Morgan fingerprint density at radius 2 is 1.79 bits per heavy atom. The minimum absolute atomic E-state index is 0.240. The number of fused-ring (bicyclic) bond motifs is 1. The molecule has 0 N–H and O–H groups in total. The highest BCUT2D eigenvalue weighted by molar-refractivity contribution is 6.42. The maximum atomic E-state index is 13.0. The van der Waals surface area contributed by atoms with Crippen LogP contribution < -0.4 is 11.2 Å². The number of benzene rings is 1. The second kappa shape index (κ2) is 7.39. The van der Waals surface area contributed by atoms with Crippen molar-refractivity contribution >= 4 is 34.8 Å². The number of hydrogen-bond acceptors (Lipinski definition) is 4. The molecule has 0 aliphatic carbocycles. The standard InChI is InChI=1S/C19H11Cl3N4O2/c20-14-5-4-12(8-15(14)21)26-18(27)13-2-1-7-25(17(13)24-19(26)28)10-11-3-6-16(22)23-9-11/h1-9H,10H2. The van der Waals surface area contributed by atoms with E-state index < -0.39 is 11.2 Å². The van der Waals surface area contributed by atoms with Crippen LogP contribution in [0.4, 0.5) is 0 Å². The van der Waals surface area contributed by atoms with E-state index in [0.717, 1.165) is 10.1 Å². The van der Waals surface area contributed by atoms with Crippen LogP contribution in [0, 0.1) is 0 Å². The summed E-state index contributed by atoms with van der Waals surface area (Å²) in [5, 5.41) is 0.953. The van der Waals surface area contributed by atoms with E-state index in [-0.39, 0.29) is 10.8 Å². The van der Waals surface area contributed by atoms with Crippen LogP contribution in [0.5, 0.6) is 0 Å². The molecule has 2 aliphatic rings. The van der Waals surface area contributed by atoms with E-state index in [9.17, 15) is 9.59 Å². The lowest BCUT2D eigenvalue weighted by molar-refractivity contribution is 0.750. The fourth-order valence-electron chi connectivity index (χ4n) is 2.86. The van der Waals surface area contributed by atoms with Crippen molar-refractivity contribution in [2.75, 3.05) is 0 Å². The summed E-state index contributed by atoms with van der Waals surface area (Å²) in [7, 11) is 0. The third kappa shape index (κ3) is 3.42. The Labute approximate surface area is 173 Å². The molecule has 1 aromatic heterocycles. The Hall–Kier alpha value is -2.67. The van der Waals surface area contributed by atoms with Gasteiger partial charge in [0.1, 0.15) is 5.15 Å². The third-order valence-electron chi connectivity index (χ3n) is 4.17. The highest BCUT2D eigenvalue weighted by Crippen LogP contribution is 2.24. The van der Waals surface area contributed by atoms with E-state index in [2.05, 4.69) is 9.97 Å². The number of aromatic nitrogens is 4. The smallest absolute Gasteiger partial charge is 0.328 e. The van der Waals surface area contributed by atoms with Crippen LogP contribution in [0.15, 0.2) is 64.4 Å². The number of hydrogen-bond donors (Lipinski definition) is 0.